The Morgan fingerprint density at radius 2 is 2.06 bits per heavy atom. The van der Waals surface area contributed by atoms with Crippen molar-refractivity contribution in [3.05, 3.63) is 24.3 Å². The van der Waals surface area contributed by atoms with Gasteiger partial charge < -0.3 is 10.1 Å². The van der Waals surface area contributed by atoms with Gasteiger partial charge in [-0.25, -0.2) is 13.6 Å². The largest absolute Gasteiger partial charge is 0.385 e. The Hall–Kier alpha value is -1.11. The van der Waals surface area contributed by atoms with E-state index in [1.54, 1.807) is 25.3 Å². The van der Waals surface area contributed by atoms with Crippen molar-refractivity contribution in [3.8, 4) is 0 Å². The molecule has 90 valence electrons. The maximum absolute atomic E-state index is 11.3. The number of rotatable bonds is 6. The number of hydrogen-bond acceptors (Lipinski definition) is 4. The maximum Gasteiger partial charge on any atom is 0.240 e. The molecule has 0 amide bonds. The van der Waals surface area contributed by atoms with Crippen molar-refractivity contribution in [1.29, 1.82) is 0 Å². The molecule has 0 spiro atoms. The molecular formula is C10H16N2O3S. The lowest BCUT2D eigenvalue weighted by Gasteiger charge is -2.09. The Labute approximate surface area is 95.7 Å². The van der Waals surface area contributed by atoms with Gasteiger partial charge in [0.25, 0.3) is 0 Å². The average molecular weight is 244 g/mol. The summed E-state index contributed by atoms with van der Waals surface area (Å²) in [7, 11) is -2.05. The Bertz CT molecular complexity index is 431. The fraction of sp³-hybridized carbons (Fsp3) is 0.400. The summed E-state index contributed by atoms with van der Waals surface area (Å²) in [6.45, 7) is 1.27. The molecule has 16 heavy (non-hydrogen) atoms. The highest BCUT2D eigenvalue weighted by Crippen LogP contribution is 2.18. The van der Waals surface area contributed by atoms with Gasteiger partial charge in [0.05, 0.1) is 5.69 Å². The monoisotopic (exact) mass is 244 g/mol. The molecule has 0 saturated carbocycles. The fourth-order valence-corrected chi connectivity index (χ4v) is 2.02. The minimum atomic E-state index is -3.67. The number of nitrogens with two attached hydrogens (primary N) is 1. The third-order valence-electron chi connectivity index (χ3n) is 2.03. The number of sulfonamides is 1. The first-order chi connectivity index (χ1) is 7.55. The average Bonchev–Trinajstić information content (AvgIpc) is 2.24. The van der Waals surface area contributed by atoms with Crippen LogP contribution in [0.2, 0.25) is 0 Å². The van der Waals surface area contributed by atoms with Gasteiger partial charge in [0.15, 0.2) is 0 Å². The van der Waals surface area contributed by atoms with Gasteiger partial charge >= 0.3 is 0 Å². The van der Waals surface area contributed by atoms with Gasteiger partial charge in [-0.15, -0.1) is 0 Å². The van der Waals surface area contributed by atoms with Gasteiger partial charge in [-0.3, -0.25) is 0 Å². The number of primary sulfonamides is 1. The number of ether oxygens (including phenoxy) is 1. The summed E-state index contributed by atoms with van der Waals surface area (Å²) in [5.41, 5.74) is 0.529. The Morgan fingerprint density at radius 3 is 2.69 bits per heavy atom. The Kier molecular flexibility index (Phi) is 4.72. The molecule has 0 radical (unpaired) electrons. The van der Waals surface area contributed by atoms with Crippen LogP contribution in [0.15, 0.2) is 29.2 Å². The van der Waals surface area contributed by atoms with Crippen LogP contribution in [0.4, 0.5) is 5.69 Å². The van der Waals surface area contributed by atoms with Crippen LogP contribution in [0, 0.1) is 0 Å². The summed E-state index contributed by atoms with van der Waals surface area (Å²) in [5, 5.41) is 8.11. The second-order valence-corrected chi connectivity index (χ2v) is 4.84. The molecule has 0 aliphatic heterocycles. The van der Waals surface area contributed by atoms with Crippen molar-refractivity contribution in [2.75, 3.05) is 25.6 Å². The predicted molar refractivity (Wildman–Crippen MR) is 62.8 cm³/mol. The molecule has 0 bridgehead atoms. The summed E-state index contributed by atoms with van der Waals surface area (Å²) in [6, 6.07) is 6.56. The fourth-order valence-electron chi connectivity index (χ4n) is 1.30. The van der Waals surface area contributed by atoms with Crippen molar-refractivity contribution in [3.63, 3.8) is 0 Å². The summed E-state index contributed by atoms with van der Waals surface area (Å²) in [4.78, 5) is 0.118. The smallest absolute Gasteiger partial charge is 0.240 e. The lowest BCUT2D eigenvalue weighted by atomic mass is 10.3. The van der Waals surface area contributed by atoms with Crippen LogP contribution in [0.25, 0.3) is 0 Å². The normalized spacial score (nSPS) is 11.4. The minimum absolute atomic E-state index is 0.118. The van der Waals surface area contributed by atoms with Gasteiger partial charge in [0.2, 0.25) is 10.0 Å². The van der Waals surface area contributed by atoms with E-state index >= 15 is 0 Å². The molecule has 1 rings (SSSR count). The van der Waals surface area contributed by atoms with Gasteiger partial charge in [0, 0.05) is 20.3 Å². The topological polar surface area (TPSA) is 81.4 Å². The van der Waals surface area contributed by atoms with E-state index in [0.717, 1.165) is 6.42 Å². The molecule has 0 fully saturated rings. The molecule has 1 aromatic carbocycles. The molecule has 3 N–H and O–H groups in total. The number of nitrogens with one attached hydrogen (secondary N) is 1. The molecule has 0 saturated heterocycles. The van der Waals surface area contributed by atoms with E-state index in [1.807, 2.05) is 0 Å². The number of hydrogen-bond donors (Lipinski definition) is 2. The van der Waals surface area contributed by atoms with Gasteiger partial charge in [-0.1, -0.05) is 12.1 Å². The second kappa shape index (κ2) is 5.83. The molecule has 0 atom stereocenters. The molecule has 0 aliphatic carbocycles. The quantitative estimate of drug-likeness (QED) is 0.725. The van der Waals surface area contributed by atoms with E-state index in [0.29, 0.717) is 18.8 Å². The van der Waals surface area contributed by atoms with Crippen LogP contribution in [0.1, 0.15) is 6.42 Å². The van der Waals surface area contributed by atoms with Crippen molar-refractivity contribution in [2.24, 2.45) is 5.14 Å². The van der Waals surface area contributed by atoms with Crippen molar-refractivity contribution < 1.29 is 13.2 Å². The minimum Gasteiger partial charge on any atom is -0.385 e. The van der Waals surface area contributed by atoms with Crippen LogP contribution in [-0.4, -0.2) is 28.7 Å². The van der Waals surface area contributed by atoms with Crippen molar-refractivity contribution >= 4 is 15.7 Å². The standard InChI is InChI=1S/C10H16N2O3S/c1-15-8-4-7-12-9-5-2-3-6-10(9)16(11,13)14/h2-3,5-6,12H,4,7-8H2,1H3,(H2,11,13,14). The van der Waals surface area contributed by atoms with E-state index in [2.05, 4.69) is 5.32 Å². The molecule has 6 heteroatoms. The summed E-state index contributed by atoms with van der Waals surface area (Å²) in [5.74, 6) is 0. The highest BCUT2D eigenvalue weighted by molar-refractivity contribution is 7.89. The SMILES string of the molecule is COCCCNc1ccccc1S(N)(=O)=O. The number of anilines is 1. The van der Waals surface area contributed by atoms with Crippen LogP contribution in [0.5, 0.6) is 0 Å². The van der Waals surface area contributed by atoms with Crippen LogP contribution >= 0.6 is 0 Å². The summed E-state index contributed by atoms with van der Waals surface area (Å²) < 4.78 is 27.4. The van der Waals surface area contributed by atoms with E-state index in [-0.39, 0.29) is 4.90 Å². The molecular weight excluding hydrogens is 228 g/mol. The lowest BCUT2D eigenvalue weighted by molar-refractivity contribution is 0.198. The van der Waals surface area contributed by atoms with E-state index in [9.17, 15) is 8.42 Å². The predicted octanol–water partition coefficient (Wildman–Crippen LogP) is 0.782. The first-order valence-corrected chi connectivity index (χ1v) is 6.45. The summed E-state index contributed by atoms with van der Waals surface area (Å²) >= 11 is 0. The highest BCUT2D eigenvalue weighted by atomic mass is 32.2. The first-order valence-electron chi connectivity index (χ1n) is 4.90. The van der Waals surface area contributed by atoms with Crippen molar-refractivity contribution in [1.82, 2.24) is 0 Å². The molecule has 0 aromatic heterocycles. The number of para-hydroxylation sites is 1. The molecule has 0 heterocycles. The zero-order valence-corrected chi connectivity index (χ0v) is 9.96. The third-order valence-corrected chi connectivity index (χ3v) is 3.00. The molecule has 1 aromatic rings. The van der Waals surface area contributed by atoms with Gasteiger partial charge in [-0.2, -0.15) is 0 Å². The first kappa shape index (κ1) is 13.0. The van der Waals surface area contributed by atoms with E-state index in [1.165, 1.54) is 6.07 Å². The molecule has 0 unspecified atom stereocenters. The number of methoxy groups -OCH3 is 1. The second-order valence-electron chi connectivity index (χ2n) is 3.31. The van der Waals surface area contributed by atoms with E-state index in [4.69, 9.17) is 9.88 Å². The zero-order valence-electron chi connectivity index (χ0n) is 9.14. The highest BCUT2D eigenvalue weighted by Gasteiger charge is 2.12. The van der Waals surface area contributed by atoms with Gasteiger partial charge in [-0.05, 0) is 18.6 Å². The zero-order chi connectivity index (χ0) is 12.0. The third kappa shape index (κ3) is 3.80. The van der Waals surface area contributed by atoms with Crippen LogP contribution in [-0.2, 0) is 14.8 Å². The maximum atomic E-state index is 11.3. The lowest BCUT2D eigenvalue weighted by Crippen LogP contribution is -2.15. The number of benzene rings is 1. The van der Waals surface area contributed by atoms with Gasteiger partial charge in [0.1, 0.15) is 4.90 Å². The summed E-state index contributed by atoms with van der Waals surface area (Å²) in [6.07, 6.45) is 0.801. The Balaban J connectivity index is 2.73. The van der Waals surface area contributed by atoms with Crippen molar-refractivity contribution in [2.45, 2.75) is 11.3 Å². The molecule has 5 nitrogen and oxygen atoms in total. The molecule has 0 aliphatic rings. The van der Waals surface area contributed by atoms with Crippen LogP contribution < -0.4 is 10.5 Å². The Morgan fingerprint density at radius 1 is 1.38 bits per heavy atom. The van der Waals surface area contributed by atoms with E-state index < -0.39 is 10.0 Å². The van der Waals surface area contributed by atoms with Crippen LogP contribution in [0.3, 0.4) is 0 Å².